The molecule has 9 nitrogen and oxygen atoms in total. The summed E-state index contributed by atoms with van der Waals surface area (Å²) in [6.45, 7) is 1.94. The summed E-state index contributed by atoms with van der Waals surface area (Å²) in [4.78, 5) is 35.6. The van der Waals surface area contributed by atoms with E-state index >= 15 is 0 Å². The summed E-state index contributed by atoms with van der Waals surface area (Å²) in [5, 5.41) is 7.70. The summed E-state index contributed by atoms with van der Waals surface area (Å²) >= 11 is 6.28. The molecule has 0 bridgehead atoms. The average Bonchev–Trinajstić information content (AvgIpc) is 3.46. The number of halogens is 3. The smallest absolute Gasteiger partial charge is 0.283 e. The highest BCUT2D eigenvalue weighted by molar-refractivity contribution is 6.31. The SMILES string of the molecule is CCCC(C(=O)Cc1ccc2nccnc2c1)n1cc(OC)c(-c2cc(Cl)ccc2-n2cc(C(F)F)nn2)cc1=O. The number of carbonyl (C=O) groups excluding carboxylic acids is 1. The molecule has 0 radical (unpaired) electrons. The summed E-state index contributed by atoms with van der Waals surface area (Å²) < 4.78 is 34.6. The quantitative estimate of drug-likeness (QED) is 0.206. The minimum Gasteiger partial charge on any atom is -0.495 e. The Morgan fingerprint density at radius 1 is 1.02 bits per heavy atom. The second-order valence-corrected chi connectivity index (χ2v) is 9.81. The van der Waals surface area contributed by atoms with Gasteiger partial charge >= 0.3 is 0 Å². The molecule has 0 saturated carbocycles. The number of methoxy groups -OCH3 is 1. The van der Waals surface area contributed by atoms with E-state index in [1.807, 2.05) is 25.1 Å². The van der Waals surface area contributed by atoms with Crippen LogP contribution in [0.2, 0.25) is 5.02 Å². The summed E-state index contributed by atoms with van der Waals surface area (Å²) in [7, 11) is 1.44. The fourth-order valence-corrected chi connectivity index (χ4v) is 4.90. The maximum absolute atomic E-state index is 13.6. The predicted octanol–water partition coefficient (Wildman–Crippen LogP) is 5.79. The zero-order chi connectivity index (χ0) is 29.1. The van der Waals surface area contributed by atoms with E-state index in [1.165, 1.54) is 28.6 Å². The second kappa shape index (κ2) is 11.9. The van der Waals surface area contributed by atoms with Gasteiger partial charge in [-0.15, -0.1) is 5.10 Å². The number of ether oxygens (including phenoxy) is 1. The van der Waals surface area contributed by atoms with Gasteiger partial charge in [-0.1, -0.05) is 36.2 Å². The number of carbonyl (C=O) groups is 1. The summed E-state index contributed by atoms with van der Waals surface area (Å²) in [5.74, 6) is 0.148. The maximum Gasteiger partial charge on any atom is 0.283 e. The number of fused-ring (bicyclic) bond motifs is 1. The Kier molecular flexibility index (Phi) is 8.16. The molecule has 3 heterocycles. The zero-order valence-electron chi connectivity index (χ0n) is 22.2. The third-order valence-electron chi connectivity index (χ3n) is 6.68. The van der Waals surface area contributed by atoms with Crippen molar-refractivity contribution in [1.29, 1.82) is 0 Å². The normalized spacial score (nSPS) is 12.1. The molecule has 5 rings (SSSR count). The van der Waals surface area contributed by atoms with Crippen LogP contribution in [0.15, 0.2) is 72.0 Å². The highest BCUT2D eigenvalue weighted by Gasteiger charge is 2.24. The molecular formula is C29H25ClF2N6O3. The van der Waals surface area contributed by atoms with Crippen molar-refractivity contribution in [2.45, 2.75) is 38.7 Å². The minimum atomic E-state index is -2.80. The van der Waals surface area contributed by atoms with Crippen molar-refractivity contribution in [1.82, 2.24) is 29.5 Å². The molecule has 3 aromatic heterocycles. The summed E-state index contributed by atoms with van der Waals surface area (Å²) in [6, 6.07) is 10.8. The molecule has 0 fully saturated rings. The minimum absolute atomic E-state index is 0.102. The first-order chi connectivity index (χ1) is 19.8. The summed E-state index contributed by atoms with van der Waals surface area (Å²) in [6.07, 6.45) is 4.20. The Labute approximate surface area is 238 Å². The van der Waals surface area contributed by atoms with Crippen LogP contribution in [0.1, 0.15) is 43.5 Å². The molecule has 0 saturated heterocycles. The Balaban J connectivity index is 1.54. The van der Waals surface area contributed by atoms with E-state index in [1.54, 1.807) is 30.6 Å². The van der Waals surface area contributed by atoms with Crippen molar-refractivity contribution in [2.75, 3.05) is 7.11 Å². The van der Waals surface area contributed by atoms with Crippen LogP contribution < -0.4 is 10.3 Å². The van der Waals surface area contributed by atoms with Crippen molar-refractivity contribution in [3.8, 4) is 22.6 Å². The van der Waals surface area contributed by atoms with Crippen LogP contribution >= 0.6 is 11.6 Å². The topological polar surface area (TPSA) is 105 Å². The van der Waals surface area contributed by atoms with Crippen LogP contribution in [0.3, 0.4) is 0 Å². The Morgan fingerprint density at radius 3 is 2.51 bits per heavy atom. The Bertz CT molecular complexity index is 1790. The van der Waals surface area contributed by atoms with E-state index in [0.717, 1.165) is 17.3 Å². The van der Waals surface area contributed by atoms with E-state index < -0.39 is 23.7 Å². The van der Waals surface area contributed by atoms with E-state index in [0.29, 0.717) is 40.2 Å². The number of hydrogen-bond donors (Lipinski definition) is 0. The molecule has 1 atom stereocenters. The standard InChI is InChI=1S/C29H25ClF2N6O3/c1-3-4-25(26(39)12-17-5-7-21-22(11-17)34-10-9-33-21)37-16-27(41-2)20(14-28(37)40)19-13-18(30)6-8-24(19)38-15-23(29(31)32)35-36-38/h5-11,13-16,25,29H,3-4,12H2,1-2H3. The van der Waals surface area contributed by atoms with Crippen LogP contribution in [0.25, 0.3) is 27.8 Å². The van der Waals surface area contributed by atoms with E-state index in [-0.39, 0.29) is 18.0 Å². The first-order valence-corrected chi connectivity index (χ1v) is 13.2. The monoisotopic (exact) mass is 578 g/mol. The molecule has 2 aromatic carbocycles. The van der Waals surface area contributed by atoms with Gasteiger partial charge < -0.3 is 9.30 Å². The van der Waals surface area contributed by atoms with Crippen molar-refractivity contribution in [2.24, 2.45) is 0 Å². The van der Waals surface area contributed by atoms with Gasteiger partial charge in [-0.05, 0) is 42.3 Å². The van der Waals surface area contributed by atoms with Crippen LogP contribution in [0.5, 0.6) is 5.75 Å². The van der Waals surface area contributed by atoms with Gasteiger partial charge in [-0.25, -0.2) is 13.5 Å². The lowest BCUT2D eigenvalue weighted by molar-refractivity contribution is -0.121. The highest BCUT2D eigenvalue weighted by atomic mass is 35.5. The third kappa shape index (κ3) is 5.85. The number of rotatable bonds is 10. The largest absolute Gasteiger partial charge is 0.495 e. The Hall–Kier alpha value is -4.51. The number of benzene rings is 2. The Morgan fingerprint density at radius 2 is 1.80 bits per heavy atom. The molecule has 0 N–H and O–H groups in total. The van der Waals surface area contributed by atoms with E-state index in [4.69, 9.17) is 16.3 Å². The van der Waals surface area contributed by atoms with Gasteiger partial charge in [-0.3, -0.25) is 19.6 Å². The van der Waals surface area contributed by atoms with Crippen molar-refractivity contribution < 1.29 is 18.3 Å². The number of nitrogens with zero attached hydrogens (tertiary/aromatic N) is 6. The van der Waals surface area contributed by atoms with Gasteiger partial charge in [0.25, 0.3) is 12.0 Å². The van der Waals surface area contributed by atoms with Crippen LogP contribution in [0, 0.1) is 0 Å². The van der Waals surface area contributed by atoms with Crippen molar-refractivity contribution >= 4 is 28.4 Å². The molecular weight excluding hydrogens is 554 g/mol. The zero-order valence-corrected chi connectivity index (χ0v) is 22.9. The molecule has 0 aliphatic carbocycles. The van der Waals surface area contributed by atoms with E-state index in [2.05, 4.69) is 20.3 Å². The molecule has 0 aliphatic rings. The average molecular weight is 579 g/mol. The third-order valence-corrected chi connectivity index (χ3v) is 6.91. The van der Waals surface area contributed by atoms with Crippen LogP contribution in [0.4, 0.5) is 8.78 Å². The lowest BCUT2D eigenvalue weighted by atomic mass is 9.98. The van der Waals surface area contributed by atoms with Crippen molar-refractivity contribution in [3.05, 3.63) is 93.9 Å². The number of hydrogen-bond acceptors (Lipinski definition) is 7. The number of Topliss-reactive ketones (excluding diaryl/α,β-unsaturated/α-hetero) is 1. The fraction of sp³-hybridized carbons (Fsp3) is 0.241. The van der Waals surface area contributed by atoms with E-state index in [9.17, 15) is 18.4 Å². The first-order valence-electron chi connectivity index (χ1n) is 12.8. The number of aromatic nitrogens is 6. The van der Waals surface area contributed by atoms with Gasteiger partial charge in [0, 0.05) is 41.0 Å². The molecule has 0 amide bonds. The van der Waals surface area contributed by atoms with Gasteiger partial charge in [0.05, 0.1) is 42.3 Å². The molecule has 12 heteroatoms. The summed E-state index contributed by atoms with van der Waals surface area (Å²) in [5.41, 5.74) is 2.38. The highest BCUT2D eigenvalue weighted by Crippen LogP contribution is 2.36. The number of alkyl halides is 2. The molecule has 41 heavy (non-hydrogen) atoms. The van der Waals surface area contributed by atoms with Gasteiger partial charge in [-0.2, -0.15) is 0 Å². The van der Waals surface area contributed by atoms with Crippen LogP contribution in [-0.4, -0.2) is 42.4 Å². The molecule has 210 valence electrons. The second-order valence-electron chi connectivity index (χ2n) is 9.38. The van der Waals surface area contributed by atoms with Crippen molar-refractivity contribution in [3.63, 3.8) is 0 Å². The molecule has 1 unspecified atom stereocenters. The van der Waals surface area contributed by atoms with Crippen LogP contribution in [-0.2, 0) is 11.2 Å². The van der Waals surface area contributed by atoms with Gasteiger partial charge in [0.1, 0.15) is 11.4 Å². The molecule has 0 aliphatic heterocycles. The number of pyridine rings is 1. The molecule has 0 spiro atoms. The lowest BCUT2D eigenvalue weighted by Crippen LogP contribution is -2.30. The predicted molar refractivity (Wildman–Crippen MR) is 150 cm³/mol. The lowest BCUT2D eigenvalue weighted by Gasteiger charge is -2.21. The van der Waals surface area contributed by atoms with Gasteiger partial charge in [0.2, 0.25) is 0 Å². The number of ketones is 1. The van der Waals surface area contributed by atoms with Gasteiger partial charge in [0.15, 0.2) is 5.78 Å². The first kappa shape index (κ1) is 28.0. The maximum atomic E-state index is 13.6. The fourth-order valence-electron chi connectivity index (χ4n) is 4.73. The molecule has 5 aromatic rings.